The molecule has 1 aromatic rings. The molecule has 1 N–H and O–H groups in total. The first-order valence-corrected chi connectivity index (χ1v) is 8.34. The number of carbonyl (C=O) groups excluding carboxylic acids is 1. The van der Waals surface area contributed by atoms with E-state index < -0.39 is 24.5 Å². The van der Waals surface area contributed by atoms with Gasteiger partial charge < -0.3 is 5.11 Å². The minimum absolute atomic E-state index is 0.262. The van der Waals surface area contributed by atoms with Gasteiger partial charge in [-0.25, -0.2) is 13.8 Å². The Morgan fingerprint density at radius 2 is 2.12 bits per heavy atom. The molecule has 1 aliphatic heterocycles. The zero-order valence-corrected chi connectivity index (χ0v) is 13.8. The molecule has 4 nitrogen and oxygen atoms in total. The molecule has 132 valence electrons. The fourth-order valence-corrected chi connectivity index (χ4v) is 3.05. The molecule has 0 aromatic heterocycles. The molecule has 1 aliphatic rings. The highest BCUT2D eigenvalue weighted by atomic mass is 19.3. The van der Waals surface area contributed by atoms with Crippen molar-refractivity contribution in [2.24, 2.45) is 10.9 Å². The topological polar surface area (TPSA) is 52.9 Å². The molecule has 0 aliphatic carbocycles. The highest BCUT2D eigenvalue weighted by molar-refractivity contribution is 5.85. The van der Waals surface area contributed by atoms with E-state index in [4.69, 9.17) is 0 Å². The first kappa shape index (κ1) is 18.7. The van der Waals surface area contributed by atoms with Crippen LogP contribution >= 0.6 is 0 Å². The second-order valence-corrected chi connectivity index (χ2v) is 6.09. The zero-order valence-electron chi connectivity index (χ0n) is 13.8. The maximum absolute atomic E-state index is 13.3. The Kier molecular flexibility index (Phi) is 6.99. The largest absolute Gasteiger partial charge is 0.391 e. The van der Waals surface area contributed by atoms with Crippen molar-refractivity contribution in [3.05, 3.63) is 35.9 Å². The molecule has 0 spiro atoms. The van der Waals surface area contributed by atoms with Crippen LogP contribution in [0.5, 0.6) is 0 Å². The Morgan fingerprint density at radius 1 is 1.42 bits per heavy atom. The Labute approximate surface area is 141 Å². The molecule has 1 fully saturated rings. The minimum atomic E-state index is -2.63. The maximum atomic E-state index is 13.3. The predicted molar refractivity (Wildman–Crippen MR) is 89.4 cm³/mol. The molecular weight excluding hydrogens is 314 g/mol. The van der Waals surface area contributed by atoms with Crippen LogP contribution in [0.2, 0.25) is 0 Å². The molecule has 1 heterocycles. The third kappa shape index (κ3) is 4.92. The average molecular weight is 338 g/mol. The number of benzene rings is 1. The number of rotatable bonds is 7. The van der Waals surface area contributed by atoms with Crippen LogP contribution in [-0.2, 0) is 11.2 Å². The third-order valence-corrected chi connectivity index (χ3v) is 4.38. The van der Waals surface area contributed by atoms with Gasteiger partial charge in [0, 0.05) is 25.1 Å². The van der Waals surface area contributed by atoms with Gasteiger partial charge in [-0.1, -0.05) is 37.3 Å². The summed E-state index contributed by atoms with van der Waals surface area (Å²) < 4.78 is 26.6. The summed E-state index contributed by atoms with van der Waals surface area (Å²) in [5, 5.41) is 10.2. The lowest BCUT2D eigenvalue weighted by Crippen LogP contribution is -2.42. The summed E-state index contributed by atoms with van der Waals surface area (Å²) in [4.78, 5) is 16.6. The van der Waals surface area contributed by atoms with Gasteiger partial charge in [-0.3, -0.25) is 9.69 Å². The summed E-state index contributed by atoms with van der Waals surface area (Å²) in [5.74, 6) is -0.838. The zero-order chi connectivity index (χ0) is 17.5. The van der Waals surface area contributed by atoms with Gasteiger partial charge in [0.15, 0.2) is 0 Å². The normalized spacial score (nSPS) is 25.0. The number of aliphatic imine (C=N–C) groups is 1. The predicted octanol–water partition coefficient (Wildman–Crippen LogP) is 2.55. The third-order valence-electron chi connectivity index (χ3n) is 4.38. The van der Waals surface area contributed by atoms with E-state index in [1.165, 1.54) is 6.21 Å². The molecule has 1 saturated heterocycles. The van der Waals surface area contributed by atoms with Crippen LogP contribution in [0, 0.1) is 5.92 Å². The number of aryl methyl sites for hydroxylation is 1. The lowest BCUT2D eigenvalue weighted by Gasteiger charge is -2.25. The number of hydrogen-bond acceptors (Lipinski definition) is 3. The second-order valence-electron chi connectivity index (χ2n) is 6.09. The van der Waals surface area contributed by atoms with Crippen molar-refractivity contribution < 1.29 is 18.7 Å². The molecule has 24 heavy (non-hydrogen) atoms. The first-order chi connectivity index (χ1) is 11.5. The van der Waals surface area contributed by atoms with Crippen LogP contribution in [0.15, 0.2) is 35.3 Å². The minimum Gasteiger partial charge on any atom is -0.391 e. The summed E-state index contributed by atoms with van der Waals surface area (Å²) in [6.07, 6.45) is -0.692. The number of aliphatic hydroxyl groups is 1. The van der Waals surface area contributed by atoms with Crippen LogP contribution in [0.4, 0.5) is 8.78 Å². The number of likely N-dealkylation sites (tertiary alicyclic amines) is 1. The van der Waals surface area contributed by atoms with Crippen molar-refractivity contribution in [1.29, 1.82) is 0 Å². The quantitative estimate of drug-likeness (QED) is 0.778. The van der Waals surface area contributed by atoms with E-state index in [1.54, 1.807) is 11.8 Å². The van der Waals surface area contributed by atoms with Gasteiger partial charge in [-0.05, 0) is 24.9 Å². The van der Waals surface area contributed by atoms with Crippen molar-refractivity contribution in [3.63, 3.8) is 0 Å². The summed E-state index contributed by atoms with van der Waals surface area (Å²) in [6.45, 7) is 2.46. The van der Waals surface area contributed by atoms with E-state index in [9.17, 15) is 18.7 Å². The smallest absolute Gasteiger partial charge is 0.256 e. The summed E-state index contributed by atoms with van der Waals surface area (Å²) >= 11 is 0. The highest BCUT2D eigenvalue weighted by Crippen LogP contribution is 2.27. The van der Waals surface area contributed by atoms with Gasteiger partial charge in [0.25, 0.3) is 6.43 Å². The lowest BCUT2D eigenvalue weighted by atomic mass is 10.0. The second kappa shape index (κ2) is 8.99. The maximum Gasteiger partial charge on any atom is 0.256 e. The van der Waals surface area contributed by atoms with Crippen molar-refractivity contribution in [1.82, 2.24) is 4.90 Å². The first-order valence-electron chi connectivity index (χ1n) is 8.34. The van der Waals surface area contributed by atoms with Crippen LogP contribution in [0.1, 0.15) is 25.3 Å². The van der Waals surface area contributed by atoms with E-state index >= 15 is 0 Å². The number of amides is 1. The van der Waals surface area contributed by atoms with E-state index in [1.807, 2.05) is 30.3 Å². The van der Waals surface area contributed by atoms with Crippen molar-refractivity contribution in [2.75, 3.05) is 13.1 Å². The van der Waals surface area contributed by atoms with Gasteiger partial charge in [-0.15, -0.1) is 0 Å². The molecule has 3 atom stereocenters. The van der Waals surface area contributed by atoms with E-state index in [0.717, 1.165) is 18.4 Å². The molecule has 6 heteroatoms. The SMILES string of the molecule is CCC(=O)N=CC1CN(CCCc2ccccc2)[C@@H](C(F)F)[C@@H]1O. The highest BCUT2D eigenvalue weighted by Gasteiger charge is 2.44. The number of alkyl halides is 2. The van der Waals surface area contributed by atoms with Crippen LogP contribution < -0.4 is 0 Å². The fourth-order valence-electron chi connectivity index (χ4n) is 3.05. The molecule has 2 rings (SSSR count). The Hall–Kier alpha value is -1.66. The van der Waals surface area contributed by atoms with E-state index in [2.05, 4.69) is 4.99 Å². The van der Waals surface area contributed by atoms with E-state index in [-0.39, 0.29) is 12.3 Å². The van der Waals surface area contributed by atoms with Crippen LogP contribution in [0.3, 0.4) is 0 Å². The molecule has 1 aromatic carbocycles. The fraction of sp³-hybridized carbons (Fsp3) is 0.556. The molecule has 0 saturated carbocycles. The Balaban J connectivity index is 1.94. The number of aliphatic hydroxyl groups excluding tert-OH is 1. The summed E-state index contributed by atoms with van der Waals surface area (Å²) in [7, 11) is 0. The molecule has 1 unspecified atom stereocenters. The number of halogens is 2. The van der Waals surface area contributed by atoms with Gasteiger partial charge in [0.05, 0.1) is 12.1 Å². The van der Waals surface area contributed by atoms with Crippen LogP contribution in [-0.4, -0.2) is 53.8 Å². The van der Waals surface area contributed by atoms with Crippen molar-refractivity contribution in [3.8, 4) is 0 Å². The van der Waals surface area contributed by atoms with Gasteiger partial charge >= 0.3 is 0 Å². The number of hydrogen-bond donors (Lipinski definition) is 1. The van der Waals surface area contributed by atoms with Crippen molar-refractivity contribution in [2.45, 2.75) is 44.8 Å². The molecule has 0 radical (unpaired) electrons. The van der Waals surface area contributed by atoms with Crippen LogP contribution in [0.25, 0.3) is 0 Å². The number of carbonyl (C=O) groups is 1. The summed E-state index contributed by atoms with van der Waals surface area (Å²) in [6, 6.07) is 8.66. The average Bonchev–Trinajstić information content (AvgIpc) is 2.89. The van der Waals surface area contributed by atoms with Gasteiger partial charge in [0.2, 0.25) is 5.91 Å². The van der Waals surface area contributed by atoms with Gasteiger partial charge in [0.1, 0.15) is 0 Å². The molecule has 1 amide bonds. The summed E-state index contributed by atoms with van der Waals surface area (Å²) in [5.41, 5.74) is 1.16. The monoisotopic (exact) mass is 338 g/mol. The van der Waals surface area contributed by atoms with Gasteiger partial charge in [-0.2, -0.15) is 0 Å². The van der Waals surface area contributed by atoms with Crippen molar-refractivity contribution >= 4 is 12.1 Å². The van der Waals surface area contributed by atoms with E-state index in [0.29, 0.717) is 13.1 Å². The lowest BCUT2D eigenvalue weighted by molar-refractivity contribution is -0.117. The Morgan fingerprint density at radius 3 is 2.75 bits per heavy atom. The standard InChI is InChI=1S/C18H24F2N2O2/c1-2-15(23)21-11-14-12-22(16(17(14)24)18(19)20)10-6-9-13-7-4-3-5-8-13/h3-5,7-8,11,14,16-18,24H,2,6,9-10,12H2,1H3/t14?,16-,17-/m1/s1. The Bertz CT molecular complexity index is 551. The number of nitrogens with zero attached hydrogens (tertiary/aromatic N) is 2. The molecule has 0 bridgehead atoms. The molecular formula is C18H24F2N2O2.